The molecule has 2 heterocycles. The van der Waals surface area contributed by atoms with Crippen molar-refractivity contribution in [1.29, 1.82) is 0 Å². The van der Waals surface area contributed by atoms with Crippen LogP contribution in [0.1, 0.15) is 18.3 Å². The van der Waals surface area contributed by atoms with Crippen LogP contribution in [-0.2, 0) is 4.74 Å². The maximum absolute atomic E-state index is 5.70. The van der Waals surface area contributed by atoms with E-state index in [0.29, 0.717) is 12.6 Å². The van der Waals surface area contributed by atoms with Crippen molar-refractivity contribution < 1.29 is 9.47 Å². The third-order valence-electron chi connectivity index (χ3n) is 2.70. The molecular weight excluding hydrogens is 220 g/mol. The Hall–Kier alpha value is -1.27. The van der Waals surface area contributed by atoms with Gasteiger partial charge in [-0.15, -0.1) is 5.10 Å². The first kappa shape index (κ1) is 12.2. The van der Waals surface area contributed by atoms with Gasteiger partial charge in [0.25, 0.3) is 0 Å². The molecule has 0 spiro atoms. The van der Waals surface area contributed by atoms with E-state index in [0.717, 1.165) is 24.5 Å². The van der Waals surface area contributed by atoms with Gasteiger partial charge in [-0.2, -0.15) is 4.98 Å². The summed E-state index contributed by atoms with van der Waals surface area (Å²) in [4.78, 5) is 4.20. The SMILES string of the molecule is Cc1nnc(OCC2CNCC(C)O2)nc1C. The molecule has 2 atom stereocenters. The average Bonchev–Trinajstić information content (AvgIpc) is 2.31. The van der Waals surface area contributed by atoms with Gasteiger partial charge in [0.1, 0.15) is 12.7 Å². The quantitative estimate of drug-likeness (QED) is 0.813. The highest BCUT2D eigenvalue weighted by atomic mass is 16.5. The predicted molar refractivity (Wildman–Crippen MR) is 62.0 cm³/mol. The molecule has 1 aliphatic heterocycles. The van der Waals surface area contributed by atoms with Gasteiger partial charge in [-0.05, 0) is 20.8 Å². The van der Waals surface area contributed by atoms with Gasteiger partial charge in [0.05, 0.1) is 17.5 Å². The van der Waals surface area contributed by atoms with E-state index in [9.17, 15) is 0 Å². The summed E-state index contributed by atoms with van der Waals surface area (Å²) >= 11 is 0. The van der Waals surface area contributed by atoms with Gasteiger partial charge in [0.2, 0.25) is 0 Å². The Kier molecular flexibility index (Phi) is 3.86. The molecule has 94 valence electrons. The van der Waals surface area contributed by atoms with Gasteiger partial charge in [0, 0.05) is 13.1 Å². The number of nitrogens with zero attached hydrogens (tertiary/aromatic N) is 3. The van der Waals surface area contributed by atoms with Gasteiger partial charge in [-0.25, -0.2) is 0 Å². The number of ether oxygens (including phenoxy) is 2. The van der Waals surface area contributed by atoms with Crippen molar-refractivity contribution in [2.24, 2.45) is 0 Å². The molecule has 1 aliphatic rings. The molecule has 17 heavy (non-hydrogen) atoms. The number of aryl methyl sites for hydroxylation is 2. The number of hydrogen-bond donors (Lipinski definition) is 1. The smallest absolute Gasteiger partial charge is 0.335 e. The molecule has 6 nitrogen and oxygen atoms in total. The first-order chi connectivity index (χ1) is 8.15. The molecule has 0 bridgehead atoms. The number of rotatable bonds is 3. The number of aromatic nitrogens is 3. The van der Waals surface area contributed by atoms with Gasteiger partial charge < -0.3 is 14.8 Å². The average molecular weight is 238 g/mol. The second-order valence-corrected chi connectivity index (χ2v) is 4.30. The molecule has 0 aliphatic carbocycles. The largest absolute Gasteiger partial charge is 0.460 e. The van der Waals surface area contributed by atoms with Crippen molar-refractivity contribution in [1.82, 2.24) is 20.5 Å². The van der Waals surface area contributed by atoms with E-state index in [4.69, 9.17) is 9.47 Å². The normalized spacial score (nSPS) is 24.6. The highest BCUT2D eigenvalue weighted by Gasteiger charge is 2.19. The van der Waals surface area contributed by atoms with Gasteiger partial charge >= 0.3 is 6.01 Å². The van der Waals surface area contributed by atoms with Crippen molar-refractivity contribution in [3.05, 3.63) is 11.4 Å². The summed E-state index contributed by atoms with van der Waals surface area (Å²) in [6.07, 6.45) is 0.264. The Labute approximate surface area is 101 Å². The molecule has 1 saturated heterocycles. The number of nitrogens with one attached hydrogen (secondary N) is 1. The molecular formula is C11H18N4O2. The van der Waals surface area contributed by atoms with E-state index >= 15 is 0 Å². The van der Waals surface area contributed by atoms with E-state index in [1.54, 1.807) is 0 Å². The van der Waals surface area contributed by atoms with E-state index in [2.05, 4.69) is 20.5 Å². The maximum Gasteiger partial charge on any atom is 0.335 e. The minimum atomic E-state index is 0.0453. The van der Waals surface area contributed by atoms with Gasteiger partial charge in [-0.1, -0.05) is 5.10 Å². The van der Waals surface area contributed by atoms with Gasteiger partial charge in [0.15, 0.2) is 0 Å². The molecule has 2 unspecified atom stereocenters. The monoisotopic (exact) mass is 238 g/mol. The standard InChI is InChI=1S/C11H18N4O2/c1-7-4-12-5-10(17-7)6-16-11-13-8(2)9(3)14-15-11/h7,10,12H,4-6H2,1-3H3. The van der Waals surface area contributed by atoms with Crippen molar-refractivity contribution in [3.63, 3.8) is 0 Å². The fraction of sp³-hybridized carbons (Fsp3) is 0.727. The zero-order valence-corrected chi connectivity index (χ0v) is 10.4. The fourth-order valence-corrected chi connectivity index (χ4v) is 1.64. The molecule has 0 aromatic carbocycles. The van der Waals surface area contributed by atoms with Gasteiger partial charge in [-0.3, -0.25) is 0 Å². The zero-order chi connectivity index (χ0) is 12.3. The van der Waals surface area contributed by atoms with Crippen LogP contribution in [0.2, 0.25) is 0 Å². The number of morpholine rings is 1. The Morgan fingerprint density at radius 2 is 2.12 bits per heavy atom. The van der Waals surface area contributed by atoms with Crippen LogP contribution in [0.25, 0.3) is 0 Å². The van der Waals surface area contributed by atoms with E-state index in [-0.39, 0.29) is 12.2 Å². The maximum atomic E-state index is 5.70. The predicted octanol–water partition coefficient (Wildman–Crippen LogP) is 0.244. The summed E-state index contributed by atoms with van der Waals surface area (Å²) < 4.78 is 11.2. The van der Waals surface area contributed by atoms with Crippen LogP contribution in [0.3, 0.4) is 0 Å². The highest BCUT2D eigenvalue weighted by molar-refractivity contribution is 5.07. The summed E-state index contributed by atoms with van der Waals surface area (Å²) in [5, 5.41) is 11.1. The second kappa shape index (κ2) is 5.37. The number of hydrogen-bond acceptors (Lipinski definition) is 6. The van der Waals surface area contributed by atoms with Crippen molar-refractivity contribution in [2.75, 3.05) is 19.7 Å². The first-order valence-corrected chi connectivity index (χ1v) is 5.82. The Bertz CT molecular complexity index is 386. The topological polar surface area (TPSA) is 69.2 Å². The minimum absolute atomic E-state index is 0.0453. The molecule has 1 N–H and O–H groups in total. The van der Waals surface area contributed by atoms with Crippen LogP contribution in [-0.4, -0.2) is 47.1 Å². The zero-order valence-electron chi connectivity index (χ0n) is 10.4. The fourth-order valence-electron chi connectivity index (χ4n) is 1.64. The van der Waals surface area contributed by atoms with Crippen molar-refractivity contribution in [2.45, 2.75) is 33.0 Å². The Morgan fingerprint density at radius 1 is 1.29 bits per heavy atom. The summed E-state index contributed by atoms with van der Waals surface area (Å²) in [6, 6.07) is 0.315. The lowest BCUT2D eigenvalue weighted by Gasteiger charge is -2.28. The lowest BCUT2D eigenvalue weighted by atomic mass is 10.2. The van der Waals surface area contributed by atoms with Crippen LogP contribution in [0.15, 0.2) is 0 Å². The minimum Gasteiger partial charge on any atom is -0.460 e. The lowest BCUT2D eigenvalue weighted by molar-refractivity contribution is -0.0485. The van der Waals surface area contributed by atoms with E-state index in [1.165, 1.54) is 0 Å². The third-order valence-corrected chi connectivity index (χ3v) is 2.70. The second-order valence-electron chi connectivity index (χ2n) is 4.30. The van der Waals surface area contributed by atoms with Crippen LogP contribution in [0, 0.1) is 13.8 Å². The Balaban J connectivity index is 1.86. The molecule has 0 amide bonds. The molecule has 1 aromatic heterocycles. The molecule has 0 radical (unpaired) electrons. The third kappa shape index (κ3) is 3.34. The molecule has 2 rings (SSSR count). The summed E-state index contributed by atoms with van der Waals surface area (Å²) in [7, 11) is 0. The van der Waals surface area contributed by atoms with Crippen molar-refractivity contribution >= 4 is 0 Å². The lowest BCUT2D eigenvalue weighted by Crippen LogP contribution is -2.46. The summed E-state index contributed by atoms with van der Waals surface area (Å²) in [5.74, 6) is 0. The summed E-state index contributed by atoms with van der Waals surface area (Å²) in [6.45, 7) is 7.92. The van der Waals surface area contributed by atoms with Crippen molar-refractivity contribution in [3.8, 4) is 6.01 Å². The van der Waals surface area contributed by atoms with E-state index in [1.807, 2.05) is 20.8 Å². The molecule has 1 aromatic rings. The molecule has 1 fully saturated rings. The van der Waals surface area contributed by atoms with E-state index < -0.39 is 0 Å². The van der Waals surface area contributed by atoms with Crippen LogP contribution >= 0.6 is 0 Å². The highest BCUT2D eigenvalue weighted by Crippen LogP contribution is 2.07. The van der Waals surface area contributed by atoms with Crippen LogP contribution in [0.5, 0.6) is 6.01 Å². The first-order valence-electron chi connectivity index (χ1n) is 5.82. The molecule has 0 saturated carbocycles. The summed E-state index contributed by atoms with van der Waals surface area (Å²) in [5.41, 5.74) is 1.66. The molecule has 6 heteroatoms. The Morgan fingerprint density at radius 3 is 2.82 bits per heavy atom. The van der Waals surface area contributed by atoms with Crippen LogP contribution in [0.4, 0.5) is 0 Å². The van der Waals surface area contributed by atoms with Crippen LogP contribution < -0.4 is 10.1 Å².